The number of aryl methyl sites for hydroxylation is 1. The number of aliphatic carboxylic acids is 1. The molecule has 0 saturated carbocycles. The van der Waals surface area contributed by atoms with Crippen molar-refractivity contribution in [1.82, 2.24) is 5.32 Å². The second-order valence-electron chi connectivity index (χ2n) is 3.67. The molecule has 1 aromatic rings. The fourth-order valence-electron chi connectivity index (χ4n) is 1.18. The molecule has 1 aromatic carbocycles. The Morgan fingerprint density at radius 3 is 2.72 bits per heavy atom. The maximum atomic E-state index is 11.4. The van der Waals surface area contributed by atoms with Crippen molar-refractivity contribution in [3.8, 4) is 0 Å². The monoisotopic (exact) mass is 272 g/mol. The van der Waals surface area contributed by atoms with E-state index in [4.69, 9.17) is 21.8 Å². The second-order valence-corrected chi connectivity index (χ2v) is 4.08. The van der Waals surface area contributed by atoms with Gasteiger partial charge in [0.25, 0.3) is 0 Å². The van der Waals surface area contributed by atoms with E-state index in [1.165, 1.54) is 0 Å². The maximum Gasteiger partial charge on any atom is 0.334 e. The first-order valence-corrected chi connectivity index (χ1v) is 5.50. The molecule has 4 N–H and O–H groups in total. The van der Waals surface area contributed by atoms with Crippen LogP contribution in [0.15, 0.2) is 18.2 Å². The summed E-state index contributed by atoms with van der Waals surface area (Å²) in [5.41, 5.74) is 1.33. The first-order valence-electron chi connectivity index (χ1n) is 5.12. The maximum absolute atomic E-state index is 11.4. The third-order valence-electron chi connectivity index (χ3n) is 2.11. The minimum absolute atomic E-state index is 0.370. The van der Waals surface area contributed by atoms with Crippen molar-refractivity contribution in [3.63, 3.8) is 0 Å². The lowest BCUT2D eigenvalue weighted by Crippen LogP contribution is -2.38. The van der Waals surface area contributed by atoms with Gasteiger partial charge in [-0.1, -0.05) is 17.7 Å². The third-order valence-corrected chi connectivity index (χ3v) is 2.44. The number of carbonyl (C=O) groups is 2. The molecule has 0 heterocycles. The molecule has 18 heavy (non-hydrogen) atoms. The quantitative estimate of drug-likeness (QED) is 0.662. The topological polar surface area (TPSA) is 98.7 Å². The van der Waals surface area contributed by atoms with Crippen molar-refractivity contribution < 1.29 is 19.8 Å². The predicted octanol–water partition coefficient (Wildman–Crippen LogP) is 1.22. The zero-order valence-electron chi connectivity index (χ0n) is 9.61. The molecule has 0 bridgehead atoms. The zero-order valence-corrected chi connectivity index (χ0v) is 10.4. The average Bonchev–Trinajstić information content (AvgIpc) is 2.30. The van der Waals surface area contributed by atoms with Gasteiger partial charge in [-0.15, -0.1) is 0 Å². The molecule has 0 aliphatic heterocycles. The lowest BCUT2D eigenvalue weighted by Gasteiger charge is -2.10. The van der Waals surface area contributed by atoms with E-state index in [1.54, 1.807) is 18.2 Å². The smallest absolute Gasteiger partial charge is 0.334 e. The van der Waals surface area contributed by atoms with E-state index in [1.807, 2.05) is 6.92 Å². The van der Waals surface area contributed by atoms with Crippen molar-refractivity contribution in [2.45, 2.75) is 13.0 Å². The second kappa shape index (κ2) is 6.23. The summed E-state index contributed by atoms with van der Waals surface area (Å²) in [4.78, 5) is 21.7. The van der Waals surface area contributed by atoms with Gasteiger partial charge in [-0.05, 0) is 24.6 Å². The number of carboxylic acids is 1. The number of carboxylic acid groups (broad SMARTS) is 1. The van der Waals surface area contributed by atoms with Crippen LogP contribution in [0, 0.1) is 6.92 Å². The van der Waals surface area contributed by atoms with Crippen molar-refractivity contribution in [2.75, 3.05) is 11.9 Å². The molecule has 0 saturated heterocycles. The van der Waals surface area contributed by atoms with Crippen LogP contribution in [0.2, 0.25) is 5.02 Å². The first-order chi connectivity index (χ1) is 8.40. The van der Waals surface area contributed by atoms with Crippen molar-refractivity contribution in [1.29, 1.82) is 0 Å². The zero-order chi connectivity index (χ0) is 13.7. The highest BCUT2D eigenvalue weighted by molar-refractivity contribution is 6.33. The summed E-state index contributed by atoms with van der Waals surface area (Å²) in [7, 11) is 0. The van der Waals surface area contributed by atoms with Crippen LogP contribution in [-0.2, 0) is 4.79 Å². The van der Waals surface area contributed by atoms with E-state index in [9.17, 15) is 9.59 Å². The molecule has 1 rings (SSSR count). The van der Waals surface area contributed by atoms with E-state index in [0.29, 0.717) is 10.7 Å². The predicted molar refractivity (Wildman–Crippen MR) is 66.9 cm³/mol. The fraction of sp³-hybridized carbons (Fsp3) is 0.273. The fourth-order valence-corrected chi connectivity index (χ4v) is 1.34. The molecule has 0 aliphatic carbocycles. The van der Waals surface area contributed by atoms with Crippen molar-refractivity contribution in [2.24, 2.45) is 0 Å². The number of hydrogen-bond donors (Lipinski definition) is 4. The summed E-state index contributed by atoms with van der Waals surface area (Å²) >= 11 is 5.87. The van der Waals surface area contributed by atoms with Crippen LogP contribution in [0.4, 0.5) is 10.5 Å². The summed E-state index contributed by atoms with van der Waals surface area (Å²) < 4.78 is 0. The summed E-state index contributed by atoms with van der Waals surface area (Å²) in [5.74, 6) is -1.40. The first kappa shape index (κ1) is 14.3. The number of urea groups is 1. The molecule has 1 unspecified atom stereocenters. The van der Waals surface area contributed by atoms with Gasteiger partial charge >= 0.3 is 12.0 Å². The summed E-state index contributed by atoms with van der Waals surface area (Å²) in [5, 5.41) is 22.4. The Bertz CT molecular complexity index is 464. The molecular formula is C11H13ClN2O4. The summed E-state index contributed by atoms with van der Waals surface area (Å²) in [6.45, 7) is 1.46. The van der Waals surface area contributed by atoms with Crippen LogP contribution >= 0.6 is 11.6 Å². The molecule has 1 atom stereocenters. The minimum Gasteiger partial charge on any atom is -0.479 e. The molecule has 0 fully saturated rings. The molecule has 0 radical (unpaired) electrons. The average molecular weight is 273 g/mol. The minimum atomic E-state index is -1.64. The summed E-state index contributed by atoms with van der Waals surface area (Å²) in [6, 6.07) is 4.47. The Morgan fingerprint density at radius 1 is 1.44 bits per heavy atom. The van der Waals surface area contributed by atoms with Gasteiger partial charge in [0.15, 0.2) is 6.10 Å². The number of benzene rings is 1. The number of aliphatic hydroxyl groups is 1. The lowest BCUT2D eigenvalue weighted by atomic mass is 10.2. The Balaban J connectivity index is 2.54. The number of hydrogen-bond acceptors (Lipinski definition) is 3. The highest BCUT2D eigenvalue weighted by Gasteiger charge is 2.14. The van der Waals surface area contributed by atoms with Crippen molar-refractivity contribution >= 4 is 29.3 Å². The lowest BCUT2D eigenvalue weighted by molar-refractivity contribution is -0.146. The van der Waals surface area contributed by atoms with Crippen LogP contribution in [0.1, 0.15) is 5.56 Å². The van der Waals surface area contributed by atoms with Crippen LogP contribution in [0.5, 0.6) is 0 Å². The Kier molecular flexibility index (Phi) is 4.94. The number of halogens is 1. The molecule has 0 aliphatic rings. The van der Waals surface area contributed by atoms with Gasteiger partial charge in [0.1, 0.15) is 0 Å². The Morgan fingerprint density at radius 2 is 2.11 bits per heavy atom. The van der Waals surface area contributed by atoms with E-state index >= 15 is 0 Å². The number of aliphatic hydroxyl groups excluding tert-OH is 1. The van der Waals surface area contributed by atoms with Gasteiger partial charge in [-0.3, -0.25) is 0 Å². The van der Waals surface area contributed by atoms with Crippen molar-refractivity contribution in [3.05, 3.63) is 28.8 Å². The Hall–Kier alpha value is -1.79. The van der Waals surface area contributed by atoms with Crippen LogP contribution in [0.3, 0.4) is 0 Å². The van der Waals surface area contributed by atoms with Crippen LogP contribution in [0.25, 0.3) is 0 Å². The van der Waals surface area contributed by atoms with Gasteiger partial charge in [-0.2, -0.15) is 0 Å². The number of anilines is 1. The number of carbonyl (C=O) groups excluding carboxylic acids is 1. The highest BCUT2D eigenvalue weighted by Crippen LogP contribution is 2.22. The number of rotatable bonds is 4. The third kappa shape index (κ3) is 4.23. The Labute approximate surface area is 109 Å². The molecule has 0 aromatic heterocycles. The highest BCUT2D eigenvalue weighted by atomic mass is 35.5. The molecule has 98 valence electrons. The van der Waals surface area contributed by atoms with Gasteiger partial charge < -0.3 is 20.8 Å². The molecular weight excluding hydrogens is 260 g/mol. The number of nitrogens with one attached hydrogen (secondary N) is 2. The van der Waals surface area contributed by atoms with Gasteiger partial charge in [0.05, 0.1) is 17.3 Å². The van der Waals surface area contributed by atoms with Gasteiger partial charge in [-0.25, -0.2) is 9.59 Å². The van der Waals surface area contributed by atoms with E-state index in [2.05, 4.69) is 10.6 Å². The van der Waals surface area contributed by atoms with Gasteiger partial charge in [0.2, 0.25) is 0 Å². The summed E-state index contributed by atoms with van der Waals surface area (Å²) in [6.07, 6.45) is -1.64. The van der Waals surface area contributed by atoms with Crippen LogP contribution < -0.4 is 10.6 Å². The standard InChI is InChI=1S/C11H13ClN2O4/c1-6-2-3-7(12)8(4-6)14-11(18)13-5-9(15)10(16)17/h2-4,9,15H,5H2,1H3,(H,16,17)(H2,13,14,18). The molecule has 2 amide bonds. The largest absolute Gasteiger partial charge is 0.479 e. The van der Waals surface area contributed by atoms with E-state index in [0.717, 1.165) is 5.56 Å². The SMILES string of the molecule is Cc1ccc(Cl)c(NC(=O)NCC(O)C(=O)O)c1. The molecule has 6 nitrogen and oxygen atoms in total. The van der Waals surface area contributed by atoms with Crippen LogP contribution in [-0.4, -0.2) is 34.9 Å². The van der Waals surface area contributed by atoms with Gasteiger partial charge in [0, 0.05) is 0 Å². The molecule has 0 spiro atoms. The van der Waals surface area contributed by atoms with E-state index < -0.39 is 18.1 Å². The van der Waals surface area contributed by atoms with E-state index in [-0.39, 0.29) is 6.54 Å². The normalized spacial score (nSPS) is 11.7. The number of amides is 2. The molecule has 7 heteroatoms.